The van der Waals surface area contributed by atoms with Crippen LogP contribution < -0.4 is 10.2 Å². The van der Waals surface area contributed by atoms with E-state index in [1.165, 1.54) is 12.1 Å². The summed E-state index contributed by atoms with van der Waals surface area (Å²) in [7, 11) is 0. The van der Waals surface area contributed by atoms with Crippen LogP contribution in [0, 0.1) is 0 Å². The molecule has 3 nitrogen and oxygen atoms in total. The lowest BCUT2D eigenvalue weighted by atomic mass is 10.1. The van der Waals surface area contributed by atoms with Crippen LogP contribution in [-0.2, 0) is 0 Å². The SMILES string of the molecule is CC(C)(C)Oc1cc(=O)cc(-c2ccccc2)o1. The standard InChI is InChI=1S/C15H16O3/c1-15(2,3)18-14-10-12(16)9-13(17-14)11-7-5-4-6-8-11/h4-10H,1-3H3. The first kappa shape index (κ1) is 12.4. The van der Waals surface area contributed by atoms with E-state index in [-0.39, 0.29) is 11.4 Å². The van der Waals surface area contributed by atoms with Gasteiger partial charge in [0.25, 0.3) is 5.95 Å². The maximum Gasteiger partial charge on any atom is 0.289 e. The fourth-order valence-corrected chi connectivity index (χ4v) is 1.55. The second-order valence-electron chi connectivity index (χ2n) is 5.06. The van der Waals surface area contributed by atoms with E-state index in [1.807, 2.05) is 51.1 Å². The van der Waals surface area contributed by atoms with Gasteiger partial charge < -0.3 is 9.15 Å². The summed E-state index contributed by atoms with van der Waals surface area (Å²) in [5.74, 6) is 0.760. The monoisotopic (exact) mass is 244 g/mol. The van der Waals surface area contributed by atoms with Gasteiger partial charge in [0, 0.05) is 11.6 Å². The second kappa shape index (κ2) is 4.69. The third-order valence-electron chi connectivity index (χ3n) is 2.21. The first-order valence-corrected chi connectivity index (χ1v) is 5.84. The molecule has 0 atom stereocenters. The first-order chi connectivity index (χ1) is 8.44. The van der Waals surface area contributed by atoms with Gasteiger partial charge in [0.15, 0.2) is 5.43 Å². The van der Waals surface area contributed by atoms with E-state index >= 15 is 0 Å². The number of benzene rings is 1. The predicted molar refractivity (Wildman–Crippen MR) is 70.8 cm³/mol. The molecule has 0 aliphatic carbocycles. The van der Waals surface area contributed by atoms with Crippen molar-refractivity contribution in [3.05, 3.63) is 52.7 Å². The smallest absolute Gasteiger partial charge is 0.289 e. The van der Waals surface area contributed by atoms with Gasteiger partial charge in [-0.2, -0.15) is 0 Å². The van der Waals surface area contributed by atoms with Gasteiger partial charge in [-0.15, -0.1) is 0 Å². The molecule has 0 bridgehead atoms. The number of rotatable bonds is 2. The largest absolute Gasteiger partial charge is 0.459 e. The zero-order valence-corrected chi connectivity index (χ0v) is 10.8. The summed E-state index contributed by atoms with van der Waals surface area (Å²) in [5, 5.41) is 0. The van der Waals surface area contributed by atoms with Crippen LogP contribution in [0.2, 0.25) is 0 Å². The zero-order chi connectivity index (χ0) is 13.2. The van der Waals surface area contributed by atoms with Crippen LogP contribution in [-0.4, -0.2) is 5.60 Å². The minimum absolute atomic E-state index is 0.126. The first-order valence-electron chi connectivity index (χ1n) is 5.84. The summed E-state index contributed by atoms with van der Waals surface area (Å²) in [6, 6.07) is 12.3. The minimum atomic E-state index is -0.398. The van der Waals surface area contributed by atoms with Crippen molar-refractivity contribution in [3.8, 4) is 17.3 Å². The van der Waals surface area contributed by atoms with E-state index in [1.54, 1.807) is 0 Å². The van der Waals surface area contributed by atoms with Gasteiger partial charge in [-0.05, 0) is 20.8 Å². The molecule has 0 N–H and O–H groups in total. The fourth-order valence-electron chi connectivity index (χ4n) is 1.55. The Balaban J connectivity index is 2.42. The van der Waals surface area contributed by atoms with Crippen molar-refractivity contribution in [2.75, 3.05) is 0 Å². The Morgan fingerprint density at radius 2 is 1.72 bits per heavy atom. The molecule has 18 heavy (non-hydrogen) atoms. The Kier molecular flexibility index (Phi) is 3.24. The summed E-state index contributed by atoms with van der Waals surface area (Å²) >= 11 is 0. The molecule has 1 aromatic heterocycles. The molecule has 0 fully saturated rings. The van der Waals surface area contributed by atoms with E-state index in [0.29, 0.717) is 5.76 Å². The molecule has 1 heterocycles. The summed E-state index contributed by atoms with van der Waals surface area (Å²) < 4.78 is 11.2. The van der Waals surface area contributed by atoms with E-state index < -0.39 is 5.60 Å². The highest BCUT2D eigenvalue weighted by Gasteiger charge is 2.14. The second-order valence-corrected chi connectivity index (χ2v) is 5.06. The molecule has 0 amide bonds. The van der Waals surface area contributed by atoms with Crippen molar-refractivity contribution in [2.45, 2.75) is 26.4 Å². The van der Waals surface area contributed by atoms with Crippen LogP contribution in [0.3, 0.4) is 0 Å². The maximum absolute atomic E-state index is 11.6. The van der Waals surface area contributed by atoms with Gasteiger partial charge in [-0.3, -0.25) is 4.79 Å². The van der Waals surface area contributed by atoms with Crippen LogP contribution in [0.5, 0.6) is 5.95 Å². The zero-order valence-electron chi connectivity index (χ0n) is 10.8. The lowest BCUT2D eigenvalue weighted by Crippen LogP contribution is -2.23. The Bertz CT molecular complexity index is 577. The number of ether oxygens (including phenoxy) is 1. The van der Waals surface area contributed by atoms with Crippen LogP contribution in [0.4, 0.5) is 0 Å². The van der Waals surface area contributed by atoms with Crippen molar-refractivity contribution in [3.63, 3.8) is 0 Å². The molecule has 3 heteroatoms. The Labute approximate surface area is 106 Å². The van der Waals surface area contributed by atoms with Crippen molar-refractivity contribution in [1.82, 2.24) is 0 Å². The third-order valence-corrected chi connectivity index (χ3v) is 2.21. The molecule has 94 valence electrons. The fraction of sp³-hybridized carbons (Fsp3) is 0.267. The van der Waals surface area contributed by atoms with Gasteiger partial charge >= 0.3 is 0 Å². The summed E-state index contributed by atoms with van der Waals surface area (Å²) in [4.78, 5) is 11.6. The molecular formula is C15H16O3. The van der Waals surface area contributed by atoms with Crippen LogP contribution >= 0.6 is 0 Å². The summed E-state index contributed by atoms with van der Waals surface area (Å²) in [6.07, 6.45) is 0. The Morgan fingerprint density at radius 3 is 2.33 bits per heavy atom. The topological polar surface area (TPSA) is 39.4 Å². The number of hydrogen-bond donors (Lipinski definition) is 0. The third kappa shape index (κ3) is 3.23. The molecule has 0 aliphatic heterocycles. The Hall–Kier alpha value is -2.03. The molecule has 0 spiro atoms. The van der Waals surface area contributed by atoms with E-state index in [4.69, 9.17) is 9.15 Å². The molecule has 0 saturated carbocycles. The van der Waals surface area contributed by atoms with Gasteiger partial charge in [0.05, 0.1) is 6.07 Å². The normalized spacial score (nSPS) is 11.3. The van der Waals surface area contributed by atoms with Crippen molar-refractivity contribution in [1.29, 1.82) is 0 Å². The van der Waals surface area contributed by atoms with Crippen molar-refractivity contribution < 1.29 is 9.15 Å². The minimum Gasteiger partial charge on any atom is -0.459 e. The molecule has 0 radical (unpaired) electrons. The summed E-state index contributed by atoms with van der Waals surface area (Å²) in [5.41, 5.74) is 0.332. The highest BCUT2D eigenvalue weighted by atomic mass is 16.6. The molecule has 0 saturated heterocycles. The molecule has 1 aromatic carbocycles. The lowest BCUT2D eigenvalue weighted by Gasteiger charge is -2.19. The van der Waals surface area contributed by atoms with Crippen molar-refractivity contribution >= 4 is 0 Å². The van der Waals surface area contributed by atoms with Gasteiger partial charge in [-0.25, -0.2) is 0 Å². The predicted octanol–water partition coefficient (Wildman–Crippen LogP) is 3.48. The van der Waals surface area contributed by atoms with E-state index in [0.717, 1.165) is 5.56 Å². The van der Waals surface area contributed by atoms with Crippen LogP contribution in [0.15, 0.2) is 51.7 Å². The highest BCUT2D eigenvalue weighted by Crippen LogP contribution is 2.24. The van der Waals surface area contributed by atoms with Gasteiger partial charge in [0.1, 0.15) is 11.4 Å². The highest BCUT2D eigenvalue weighted by molar-refractivity contribution is 5.56. The van der Waals surface area contributed by atoms with Gasteiger partial charge in [-0.1, -0.05) is 30.3 Å². The van der Waals surface area contributed by atoms with E-state index in [2.05, 4.69) is 0 Å². The summed E-state index contributed by atoms with van der Waals surface area (Å²) in [6.45, 7) is 5.71. The average Bonchev–Trinajstić information content (AvgIpc) is 2.27. The van der Waals surface area contributed by atoms with Crippen LogP contribution in [0.1, 0.15) is 20.8 Å². The van der Waals surface area contributed by atoms with Crippen LogP contribution in [0.25, 0.3) is 11.3 Å². The number of hydrogen-bond acceptors (Lipinski definition) is 3. The van der Waals surface area contributed by atoms with E-state index in [9.17, 15) is 4.79 Å². The molecule has 2 aromatic rings. The molecule has 0 unspecified atom stereocenters. The molecular weight excluding hydrogens is 228 g/mol. The molecule has 2 rings (SSSR count). The quantitative estimate of drug-likeness (QED) is 0.811. The maximum atomic E-state index is 11.6. The van der Waals surface area contributed by atoms with Crippen molar-refractivity contribution in [2.24, 2.45) is 0 Å². The lowest BCUT2D eigenvalue weighted by molar-refractivity contribution is 0.0936. The molecule has 0 aliphatic rings. The Morgan fingerprint density at radius 1 is 1.06 bits per heavy atom. The average molecular weight is 244 g/mol. The van der Waals surface area contributed by atoms with Gasteiger partial charge in [0.2, 0.25) is 0 Å².